The lowest BCUT2D eigenvalue weighted by Crippen LogP contribution is -2.47. The summed E-state index contributed by atoms with van der Waals surface area (Å²) in [6.45, 7) is 6.72. The van der Waals surface area contributed by atoms with Gasteiger partial charge in [-0.2, -0.15) is 0 Å². The number of phosphoric ester groups is 1. The minimum atomic E-state index is -4.70. The highest BCUT2D eigenvalue weighted by Crippen LogP contribution is 2.38. The third-order valence-corrected chi connectivity index (χ3v) is 14.8. The Bertz CT molecular complexity index is 1590. The lowest BCUT2D eigenvalue weighted by molar-refractivity contribution is -0.870. The Morgan fingerprint density at radius 3 is 1.25 bits per heavy atom. The molecule has 1 N–H and O–H groups in total. The maximum absolute atomic E-state index is 13.5. The maximum Gasteiger partial charge on any atom is 0.306 e. The molecule has 1 amide bonds. The molecule has 10 heteroatoms. The van der Waals surface area contributed by atoms with E-state index in [0.717, 1.165) is 109 Å². The van der Waals surface area contributed by atoms with Crippen LogP contribution in [0.15, 0.2) is 85.1 Å². The van der Waals surface area contributed by atoms with Crippen LogP contribution in [-0.4, -0.2) is 69.4 Å². The zero-order valence-corrected chi connectivity index (χ0v) is 51.8. The van der Waals surface area contributed by atoms with Gasteiger partial charge in [0.25, 0.3) is 7.82 Å². The molecule has 0 spiro atoms. The molecule has 77 heavy (non-hydrogen) atoms. The number of allylic oxidation sites excluding steroid dienone is 13. The molecule has 446 valence electrons. The molecule has 0 aromatic carbocycles. The van der Waals surface area contributed by atoms with Gasteiger partial charge < -0.3 is 28.5 Å². The van der Waals surface area contributed by atoms with Crippen molar-refractivity contribution in [3.63, 3.8) is 0 Å². The van der Waals surface area contributed by atoms with Crippen LogP contribution in [0.25, 0.3) is 0 Å². The fourth-order valence-electron chi connectivity index (χ4n) is 8.94. The van der Waals surface area contributed by atoms with Crippen LogP contribution in [0.4, 0.5) is 0 Å². The third-order valence-electron chi connectivity index (χ3n) is 13.8. The number of carbonyl (C=O) groups excluding carboxylic acids is 2. The highest BCUT2D eigenvalue weighted by molar-refractivity contribution is 7.45. The first kappa shape index (κ1) is 74.2. The second-order valence-corrected chi connectivity index (χ2v) is 23.9. The Morgan fingerprint density at radius 2 is 0.831 bits per heavy atom. The number of unbranched alkanes of at least 4 members (excludes halogenated alkanes) is 29. The molecule has 3 unspecified atom stereocenters. The van der Waals surface area contributed by atoms with Crippen molar-refractivity contribution in [3.8, 4) is 0 Å². The Balaban J connectivity index is 5.10. The van der Waals surface area contributed by atoms with Crippen LogP contribution in [0.3, 0.4) is 0 Å². The number of nitrogens with one attached hydrogen (secondary N) is 1. The highest BCUT2D eigenvalue weighted by Gasteiger charge is 2.27. The predicted octanol–water partition coefficient (Wildman–Crippen LogP) is 19.1. The highest BCUT2D eigenvalue weighted by atomic mass is 31.2. The summed E-state index contributed by atoms with van der Waals surface area (Å²) in [5, 5.41) is 3.03. The monoisotopic (exact) mass is 1100 g/mol. The quantitative estimate of drug-likeness (QED) is 0.0212. The third kappa shape index (κ3) is 57.7. The van der Waals surface area contributed by atoms with Gasteiger partial charge in [-0.3, -0.25) is 14.2 Å². The van der Waals surface area contributed by atoms with Crippen molar-refractivity contribution in [2.45, 2.75) is 290 Å². The summed E-state index contributed by atoms with van der Waals surface area (Å²) in [7, 11) is 1.18. The smallest absolute Gasteiger partial charge is 0.306 e. The summed E-state index contributed by atoms with van der Waals surface area (Å²) in [5.41, 5.74) is 0. The molecule has 0 aliphatic rings. The molecule has 0 radical (unpaired) electrons. The van der Waals surface area contributed by atoms with Gasteiger partial charge in [0.15, 0.2) is 0 Å². The van der Waals surface area contributed by atoms with E-state index >= 15 is 0 Å². The molecule has 3 atom stereocenters. The number of likely N-dealkylation sites (N-methyl/N-ethyl adjacent to an activating group) is 1. The second-order valence-electron chi connectivity index (χ2n) is 22.5. The standard InChI is InChI=1S/C67H121N2O7P/c1-7-10-13-16-19-22-25-27-28-29-30-31-32-33-34-35-36-37-38-39-40-42-45-47-50-53-56-59-66(70)68-64(63-75-77(72,73)74-62-61-69(4,5)6)65(58-55-52-49-46-44-41-26-23-20-17-14-11-8-2)76-67(71)60-57-54-51-48-43-24-21-18-15-12-9-3/h10,13,19,22,27-28,30-31,33-34,36-37,55,58,64-65H,7-9,11-12,14-18,20-21,23-26,29,32,35,38-54,56-57,59-63H2,1-6H3,(H-,68,70,72,73)/b13-10-,22-19-,28-27-,31-30-,34-33-,37-36-,58-55+. The molecular weight excluding hydrogens is 976 g/mol. The zero-order chi connectivity index (χ0) is 56.4. The predicted molar refractivity (Wildman–Crippen MR) is 330 cm³/mol. The number of ether oxygens (including phenoxy) is 1. The molecule has 0 aromatic heterocycles. The Labute approximate surface area is 476 Å². The molecule has 0 fully saturated rings. The molecule has 0 saturated carbocycles. The van der Waals surface area contributed by atoms with Gasteiger partial charge in [-0.25, -0.2) is 0 Å². The van der Waals surface area contributed by atoms with Crippen LogP contribution in [0.1, 0.15) is 278 Å². The normalized spacial score (nSPS) is 14.2. The van der Waals surface area contributed by atoms with E-state index in [9.17, 15) is 19.0 Å². The molecule has 0 rings (SSSR count). The lowest BCUT2D eigenvalue weighted by Gasteiger charge is -2.30. The van der Waals surface area contributed by atoms with Gasteiger partial charge in [0.2, 0.25) is 5.91 Å². The van der Waals surface area contributed by atoms with Crippen molar-refractivity contribution in [2.24, 2.45) is 0 Å². The van der Waals surface area contributed by atoms with Crippen LogP contribution in [0.5, 0.6) is 0 Å². The minimum absolute atomic E-state index is 0.0259. The van der Waals surface area contributed by atoms with Crippen molar-refractivity contribution in [1.29, 1.82) is 0 Å². The number of esters is 1. The summed E-state index contributed by atoms with van der Waals surface area (Å²) in [5.74, 6) is -0.549. The topological polar surface area (TPSA) is 114 Å². The Hall–Kier alpha value is -2.81. The number of hydrogen-bond acceptors (Lipinski definition) is 7. The number of phosphoric acid groups is 1. The van der Waals surface area contributed by atoms with E-state index in [1.54, 1.807) is 0 Å². The van der Waals surface area contributed by atoms with Crippen molar-refractivity contribution in [2.75, 3.05) is 40.9 Å². The van der Waals surface area contributed by atoms with Gasteiger partial charge >= 0.3 is 5.97 Å². The molecule has 0 aliphatic carbocycles. The summed E-state index contributed by atoms with van der Waals surface area (Å²) in [4.78, 5) is 39.9. The maximum atomic E-state index is 13.5. The number of carbonyl (C=O) groups is 2. The number of rotatable bonds is 57. The van der Waals surface area contributed by atoms with E-state index in [4.69, 9.17) is 13.8 Å². The van der Waals surface area contributed by atoms with Crippen LogP contribution in [-0.2, 0) is 27.9 Å². The average molecular weight is 1100 g/mol. The van der Waals surface area contributed by atoms with E-state index in [1.165, 1.54) is 135 Å². The van der Waals surface area contributed by atoms with Gasteiger partial charge in [0.05, 0.1) is 33.8 Å². The first-order chi connectivity index (χ1) is 37.4. The van der Waals surface area contributed by atoms with E-state index in [1.807, 2.05) is 33.3 Å². The van der Waals surface area contributed by atoms with E-state index < -0.39 is 26.6 Å². The summed E-state index contributed by atoms with van der Waals surface area (Å²) in [6, 6.07) is -0.894. The van der Waals surface area contributed by atoms with E-state index in [0.29, 0.717) is 17.4 Å². The SMILES string of the molecule is CC/C=C\C/C=C\C/C=C\C/C=C\C/C=C\C/C=C\CCCCCCCCCCC(=O)NC(COP(=O)([O-])OCC[N+](C)(C)C)C(/C=C/CCCCCCCCCCCCC)OC(=O)CCCCCCCCCCCCC. The van der Waals surface area contributed by atoms with Crippen LogP contribution in [0, 0.1) is 0 Å². The van der Waals surface area contributed by atoms with E-state index in [2.05, 4.69) is 99.0 Å². The number of amides is 1. The first-order valence-corrected chi connectivity index (χ1v) is 33.4. The van der Waals surface area contributed by atoms with Crippen molar-refractivity contribution in [3.05, 3.63) is 85.1 Å². The molecule has 0 aromatic rings. The number of hydrogen-bond donors (Lipinski definition) is 1. The largest absolute Gasteiger partial charge is 0.756 e. The van der Waals surface area contributed by atoms with Gasteiger partial charge in [0.1, 0.15) is 19.3 Å². The summed E-state index contributed by atoms with van der Waals surface area (Å²) < 4.78 is 30.3. The fourth-order valence-corrected chi connectivity index (χ4v) is 9.66. The molecule has 0 heterocycles. The van der Waals surface area contributed by atoms with Gasteiger partial charge in [-0.15, -0.1) is 0 Å². The summed E-state index contributed by atoms with van der Waals surface area (Å²) >= 11 is 0. The average Bonchev–Trinajstić information content (AvgIpc) is 3.39. The molecule has 0 bridgehead atoms. The van der Waals surface area contributed by atoms with Gasteiger partial charge in [0, 0.05) is 12.8 Å². The van der Waals surface area contributed by atoms with Crippen molar-refractivity contribution < 1.29 is 37.3 Å². The van der Waals surface area contributed by atoms with Crippen LogP contribution >= 0.6 is 7.82 Å². The first-order valence-electron chi connectivity index (χ1n) is 31.9. The number of quaternary nitrogens is 1. The number of nitrogens with zero attached hydrogens (tertiary/aromatic N) is 1. The van der Waals surface area contributed by atoms with Crippen molar-refractivity contribution >= 4 is 19.7 Å². The fraction of sp³-hybridized carbons (Fsp3) is 0.761. The van der Waals surface area contributed by atoms with Gasteiger partial charge in [-0.1, -0.05) is 267 Å². The van der Waals surface area contributed by atoms with Crippen LogP contribution < -0.4 is 10.2 Å². The molecular formula is C67H121N2O7P. The van der Waals surface area contributed by atoms with Crippen LogP contribution in [0.2, 0.25) is 0 Å². The summed E-state index contributed by atoms with van der Waals surface area (Å²) in [6.07, 6.45) is 74.1. The molecule has 0 aliphatic heterocycles. The Morgan fingerprint density at radius 1 is 0.468 bits per heavy atom. The van der Waals surface area contributed by atoms with Crippen molar-refractivity contribution in [1.82, 2.24) is 5.32 Å². The molecule has 9 nitrogen and oxygen atoms in total. The minimum Gasteiger partial charge on any atom is -0.756 e. The molecule has 0 saturated heterocycles. The lowest BCUT2D eigenvalue weighted by atomic mass is 10.0. The zero-order valence-electron chi connectivity index (χ0n) is 50.9. The van der Waals surface area contributed by atoms with E-state index in [-0.39, 0.29) is 24.9 Å². The second kappa shape index (κ2) is 56.5. The van der Waals surface area contributed by atoms with Gasteiger partial charge in [-0.05, 0) is 83.1 Å². The Kier molecular flexibility index (Phi) is 54.4.